The van der Waals surface area contributed by atoms with Gasteiger partial charge in [-0.1, -0.05) is 36.8 Å². The van der Waals surface area contributed by atoms with Crippen LogP contribution in [0.25, 0.3) is 11.3 Å². The average Bonchev–Trinajstić information content (AvgIpc) is 2.98. The summed E-state index contributed by atoms with van der Waals surface area (Å²) < 4.78 is 1.90. The summed E-state index contributed by atoms with van der Waals surface area (Å²) in [6.07, 6.45) is 6.71. The minimum absolute atomic E-state index is 0.667. The third-order valence-electron chi connectivity index (χ3n) is 4.06. The van der Waals surface area contributed by atoms with Crippen LogP contribution >= 0.6 is 0 Å². The molecule has 2 heterocycles. The number of carbonyl (C=O) groups is 1. The molecule has 1 aliphatic rings. The van der Waals surface area contributed by atoms with Gasteiger partial charge in [-0.25, -0.2) is 0 Å². The largest absolute Gasteiger partial charge is 0.301 e. The fourth-order valence-electron chi connectivity index (χ4n) is 2.88. The standard InChI is InChI=1S/C17H21N3O/c21-14-16-13-20(12-11-19-9-5-2-6-10-19)18-17(16)15-7-3-1-4-8-15/h1,3-4,7-8,13-14H,2,5-6,9-12H2. The van der Waals surface area contributed by atoms with Crippen molar-refractivity contribution in [2.24, 2.45) is 0 Å². The van der Waals surface area contributed by atoms with E-state index in [0.29, 0.717) is 5.56 Å². The predicted octanol–water partition coefficient (Wildman–Crippen LogP) is 2.85. The number of benzene rings is 1. The third-order valence-corrected chi connectivity index (χ3v) is 4.06. The summed E-state index contributed by atoms with van der Waals surface area (Å²) >= 11 is 0. The zero-order valence-electron chi connectivity index (χ0n) is 12.2. The quantitative estimate of drug-likeness (QED) is 0.792. The summed E-state index contributed by atoms with van der Waals surface area (Å²) in [4.78, 5) is 13.7. The number of nitrogens with zero attached hydrogens (tertiary/aromatic N) is 3. The Morgan fingerprint density at radius 3 is 2.52 bits per heavy atom. The van der Waals surface area contributed by atoms with Crippen LogP contribution in [0.4, 0.5) is 0 Å². The molecule has 0 atom stereocenters. The molecule has 110 valence electrons. The fourth-order valence-corrected chi connectivity index (χ4v) is 2.88. The molecule has 0 radical (unpaired) electrons. The smallest absolute Gasteiger partial charge is 0.153 e. The molecule has 2 aromatic rings. The van der Waals surface area contributed by atoms with Crippen molar-refractivity contribution < 1.29 is 4.79 Å². The monoisotopic (exact) mass is 283 g/mol. The summed E-state index contributed by atoms with van der Waals surface area (Å²) in [5.41, 5.74) is 2.44. The summed E-state index contributed by atoms with van der Waals surface area (Å²) in [7, 11) is 0. The highest BCUT2D eigenvalue weighted by Gasteiger charge is 2.13. The molecule has 0 aliphatic carbocycles. The number of likely N-dealkylation sites (tertiary alicyclic amines) is 1. The Hall–Kier alpha value is -1.94. The van der Waals surface area contributed by atoms with Gasteiger partial charge in [-0.15, -0.1) is 0 Å². The first-order chi connectivity index (χ1) is 10.4. The molecule has 4 heteroatoms. The molecule has 3 rings (SSSR count). The Labute approximate surface area is 125 Å². The van der Waals surface area contributed by atoms with E-state index in [1.54, 1.807) is 0 Å². The van der Waals surface area contributed by atoms with Crippen LogP contribution in [-0.4, -0.2) is 40.6 Å². The minimum Gasteiger partial charge on any atom is -0.301 e. The Morgan fingerprint density at radius 2 is 1.81 bits per heavy atom. The van der Waals surface area contributed by atoms with Gasteiger partial charge < -0.3 is 4.90 Å². The van der Waals surface area contributed by atoms with Gasteiger partial charge in [-0.05, 0) is 25.9 Å². The molecule has 0 saturated carbocycles. The van der Waals surface area contributed by atoms with Crippen molar-refractivity contribution >= 4 is 6.29 Å². The van der Waals surface area contributed by atoms with Gasteiger partial charge >= 0.3 is 0 Å². The summed E-state index contributed by atoms with van der Waals surface area (Å²) in [6, 6.07) is 9.89. The number of hydrogen-bond acceptors (Lipinski definition) is 3. The lowest BCUT2D eigenvalue weighted by Gasteiger charge is -2.26. The highest BCUT2D eigenvalue weighted by atomic mass is 16.1. The van der Waals surface area contributed by atoms with Crippen LogP contribution in [0.3, 0.4) is 0 Å². The second-order valence-corrected chi connectivity index (χ2v) is 5.58. The molecular formula is C17H21N3O. The van der Waals surface area contributed by atoms with E-state index < -0.39 is 0 Å². The normalized spacial score (nSPS) is 16.0. The van der Waals surface area contributed by atoms with Gasteiger partial charge in [0.2, 0.25) is 0 Å². The molecule has 0 bridgehead atoms. The fraction of sp³-hybridized carbons (Fsp3) is 0.412. The topological polar surface area (TPSA) is 38.1 Å². The van der Waals surface area contributed by atoms with E-state index in [-0.39, 0.29) is 0 Å². The summed E-state index contributed by atoms with van der Waals surface area (Å²) in [6.45, 7) is 4.22. The molecule has 0 N–H and O–H groups in total. The zero-order chi connectivity index (χ0) is 14.5. The molecule has 1 aromatic carbocycles. The van der Waals surface area contributed by atoms with E-state index in [4.69, 9.17) is 0 Å². The van der Waals surface area contributed by atoms with Crippen LogP contribution in [0.1, 0.15) is 29.6 Å². The zero-order valence-corrected chi connectivity index (χ0v) is 12.2. The Balaban J connectivity index is 1.72. The lowest BCUT2D eigenvalue weighted by molar-refractivity contribution is 0.112. The molecular weight excluding hydrogens is 262 g/mol. The molecule has 0 amide bonds. The number of carbonyl (C=O) groups excluding carboxylic acids is 1. The summed E-state index contributed by atoms with van der Waals surface area (Å²) in [5.74, 6) is 0. The molecule has 4 nitrogen and oxygen atoms in total. The van der Waals surface area contributed by atoms with Crippen molar-refractivity contribution in [3.05, 3.63) is 42.1 Å². The SMILES string of the molecule is O=Cc1cn(CCN2CCCCC2)nc1-c1ccccc1. The van der Waals surface area contributed by atoms with Gasteiger partial charge in [0.15, 0.2) is 6.29 Å². The second kappa shape index (κ2) is 6.68. The van der Waals surface area contributed by atoms with Crippen LogP contribution < -0.4 is 0 Å². The first-order valence-electron chi connectivity index (χ1n) is 7.67. The maximum atomic E-state index is 11.3. The predicted molar refractivity (Wildman–Crippen MR) is 83.3 cm³/mol. The van der Waals surface area contributed by atoms with Crippen LogP contribution in [0, 0.1) is 0 Å². The van der Waals surface area contributed by atoms with Crippen LogP contribution in [-0.2, 0) is 6.54 Å². The number of piperidine rings is 1. The average molecular weight is 283 g/mol. The van der Waals surface area contributed by atoms with Crippen LogP contribution in [0.5, 0.6) is 0 Å². The van der Waals surface area contributed by atoms with Crippen molar-refractivity contribution in [1.29, 1.82) is 0 Å². The molecule has 1 saturated heterocycles. The van der Waals surface area contributed by atoms with Crippen molar-refractivity contribution in [2.45, 2.75) is 25.8 Å². The highest BCUT2D eigenvalue weighted by molar-refractivity contribution is 5.85. The first-order valence-corrected chi connectivity index (χ1v) is 7.67. The van der Waals surface area contributed by atoms with E-state index in [1.165, 1.54) is 32.4 Å². The maximum Gasteiger partial charge on any atom is 0.153 e. The van der Waals surface area contributed by atoms with Gasteiger partial charge in [0, 0.05) is 18.3 Å². The number of aldehydes is 1. The van der Waals surface area contributed by atoms with Gasteiger partial charge in [-0.3, -0.25) is 9.48 Å². The highest BCUT2D eigenvalue weighted by Crippen LogP contribution is 2.20. The third kappa shape index (κ3) is 3.39. The molecule has 21 heavy (non-hydrogen) atoms. The van der Waals surface area contributed by atoms with Crippen LogP contribution in [0.15, 0.2) is 36.5 Å². The van der Waals surface area contributed by atoms with Gasteiger partial charge in [-0.2, -0.15) is 5.10 Å². The second-order valence-electron chi connectivity index (χ2n) is 5.58. The van der Waals surface area contributed by atoms with E-state index in [9.17, 15) is 4.79 Å². The van der Waals surface area contributed by atoms with Gasteiger partial charge in [0.25, 0.3) is 0 Å². The Morgan fingerprint density at radius 1 is 1.05 bits per heavy atom. The lowest BCUT2D eigenvalue weighted by Crippen LogP contribution is -2.32. The van der Waals surface area contributed by atoms with Crippen molar-refractivity contribution in [1.82, 2.24) is 14.7 Å². The number of hydrogen-bond donors (Lipinski definition) is 0. The Kier molecular flexibility index (Phi) is 4.46. The number of rotatable bonds is 5. The van der Waals surface area contributed by atoms with Crippen molar-refractivity contribution in [3.63, 3.8) is 0 Å². The molecule has 0 spiro atoms. The van der Waals surface area contributed by atoms with E-state index in [1.807, 2.05) is 41.2 Å². The van der Waals surface area contributed by atoms with Crippen LogP contribution in [0.2, 0.25) is 0 Å². The lowest BCUT2D eigenvalue weighted by atomic mass is 10.1. The minimum atomic E-state index is 0.667. The summed E-state index contributed by atoms with van der Waals surface area (Å²) in [5, 5.41) is 4.59. The van der Waals surface area contributed by atoms with Crippen molar-refractivity contribution in [2.75, 3.05) is 19.6 Å². The van der Waals surface area contributed by atoms with E-state index in [2.05, 4.69) is 10.00 Å². The molecule has 1 aromatic heterocycles. The maximum absolute atomic E-state index is 11.3. The molecule has 1 aliphatic heterocycles. The molecule has 1 fully saturated rings. The van der Waals surface area contributed by atoms with Crippen molar-refractivity contribution in [3.8, 4) is 11.3 Å². The van der Waals surface area contributed by atoms with E-state index in [0.717, 1.165) is 30.6 Å². The van der Waals surface area contributed by atoms with E-state index >= 15 is 0 Å². The number of aromatic nitrogens is 2. The molecule has 0 unspecified atom stereocenters. The van der Waals surface area contributed by atoms with Gasteiger partial charge in [0.1, 0.15) is 5.69 Å². The first kappa shape index (κ1) is 14.0. The van der Waals surface area contributed by atoms with Gasteiger partial charge in [0.05, 0.1) is 12.1 Å². The Bertz CT molecular complexity index is 585.